The minimum absolute atomic E-state index is 0.138. The molecule has 0 bridgehead atoms. The molecule has 0 saturated heterocycles. The van der Waals surface area contributed by atoms with Crippen LogP contribution in [0.15, 0.2) is 41.3 Å². The molecule has 0 aromatic heterocycles. The van der Waals surface area contributed by atoms with Crippen LogP contribution in [0.4, 0.5) is 3.89 Å². The average molecular weight is 328 g/mol. The Hall–Kier alpha value is -2.27. The van der Waals surface area contributed by atoms with E-state index in [1.54, 1.807) is 24.3 Å². The van der Waals surface area contributed by atoms with Gasteiger partial charge in [-0.3, -0.25) is 4.79 Å². The number of hydrogen-bond acceptors (Lipinski definition) is 3. The summed E-state index contributed by atoms with van der Waals surface area (Å²) in [6.45, 7) is 1.87. The largest absolute Gasteiger partial charge is 0.332 e. The van der Waals surface area contributed by atoms with Gasteiger partial charge >= 0.3 is 10.2 Å². The smallest absolute Gasteiger partial charge is 0.294 e. The molecule has 0 heterocycles. The number of fused-ring (bicyclic) bond motifs is 5. The number of Topliss-reactive ketones (excluding diaryl/α,β-unsaturated/α-hetero) is 1. The van der Waals surface area contributed by atoms with Gasteiger partial charge in [0.05, 0.1) is 0 Å². The molecule has 23 heavy (non-hydrogen) atoms. The van der Waals surface area contributed by atoms with Crippen LogP contribution in [0.25, 0.3) is 21.5 Å². The predicted octanol–water partition coefficient (Wildman–Crippen LogP) is 4.09. The van der Waals surface area contributed by atoms with Crippen LogP contribution in [0.2, 0.25) is 0 Å². The van der Waals surface area contributed by atoms with Crippen molar-refractivity contribution in [2.75, 3.05) is 0 Å². The second-order valence-corrected chi connectivity index (χ2v) is 7.23. The highest BCUT2D eigenvalue weighted by molar-refractivity contribution is 7.86. The third-order valence-corrected chi connectivity index (χ3v) is 5.50. The minimum Gasteiger partial charge on any atom is -0.294 e. The molecule has 0 amide bonds. The van der Waals surface area contributed by atoms with E-state index in [0.717, 1.165) is 32.8 Å². The Balaban J connectivity index is 2.21. The van der Waals surface area contributed by atoms with Gasteiger partial charge in [-0.25, -0.2) is 0 Å². The molecule has 5 heteroatoms. The van der Waals surface area contributed by atoms with Gasteiger partial charge in [0.15, 0.2) is 5.78 Å². The van der Waals surface area contributed by atoms with Crippen molar-refractivity contribution in [3.63, 3.8) is 0 Å². The molecule has 4 rings (SSSR count). The molecule has 0 radical (unpaired) electrons. The topological polar surface area (TPSA) is 51.2 Å². The molecule has 0 N–H and O–H groups in total. The lowest BCUT2D eigenvalue weighted by Crippen LogP contribution is -1.96. The van der Waals surface area contributed by atoms with Crippen molar-refractivity contribution in [3.05, 3.63) is 53.1 Å². The van der Waals surface area contributed by atoms with Gasteiger partial charge in [0.2, 0.25) is 0 Å². The normalized spacial score (nSPS) is 14.6. The van der Waals surface area contributed by atoms with Crippen LogP contribution < -0.4 is 0 Å². The molecule has 0 aliphatic heterocycles. The van der Waals surface area contributed by atoms with E-state index in [1.165, 1.54) is 6.07 Å². The highest BCUT2D eigenvalue weighted by Crippen LogP contribution is 2.37. The average Bonchev–Trinajstić information content (AvgIpc) is 2.87. The third-order valence-electron chi connectivity index (χ3n) is 4.62. The number of aryl methyl sites for hydroxylation is 2. The summed E-state index contributed by atoms with van der Waals surface area (Å²) >= 11 is 0. The highest BCUT2D eigenvalue weighted by Gasteiger charge is 2.23. The van der Waals surface area contributed by atoms with E-state index in [9.17, 15) is 17.1 Å². The summed E-state index contributed by atoms with van der Waals surface area (Å²) in [5.74, 6) is 0.138. The number of halogens is 1. The number of carbonyl (C=O) groups is 1. The summed E-state index contributed by atoms with van der Waals surface area (Å²) in [5.41, 5.74) is 2.62. The van der Waals surface area contributed by atoms with E-state index in [-0.39, 0.29) is 10.7 Å². The Bertz CT molecular complexity index is 1110. The Morgan fingerprint density at radius 2 is 1.61 bits per heavy atom. The molecular weight excluding hydrogens is 315 g/mol. The predicted molar refractivity (Wildman–Crippen MR) is 87.1 cm³/mol. The molecule has 0 atom stereocenters. The summed E-state index contributed by atoms with van der Waals surface area (Å²) in [7, 11) is -4.79. The van der Waals surface area contributed by atoms with Gasteiger partial charge in [-0.1, -0.05) is 30.3 Å². The second-order valence-electron chi connectivity index (χ2n) is 5.92. The van der Waals surface area contributed by atoms with Gasteiger partial charge in [0.1, 0.15) is 4.90 Å². The van der Waals surface area contributed by atoms with Crippen LogP contribution in [0.1, 0.15) is 27.9 Å². The summed E-state index contributed by atoms with van der Waals surface area (Å²) in [5, 5.41) is 2.91. The maximum absolute atomic E-state index is 13.6. The maximum atomic E-state index is 13.6. The first kappa shape index (κ1) is 14.3. The molecule has 0 unspecified atom stereocenters. The number of benzene rings is 3. The van der Waals surface area contributed by atoms with Crippen molar-refractivity contribution in [2.24, 2.45) is 0 Å². The van der Waals surface area contributed by atoms with Crippen LogP contribution in [0, 0.1) is 6.92 Å². The SMILES string of the molecule is Cc1ccc(S(=O)(=O)F)c2ccc3c4c(ccc3c12)C(=O)CC4. The Morgan fingerprint density at radius 1 is 0.913 bits per heavy atom. The fourth-order valence-corrected chi connectivity index (χ4v) is 4.25. The van der Waals surface area contributed by atoms with Crippen LogP contribution in [-0.4, -0.2) is 14.2 Å². The molecular formula is C18H13FO3S. The molecule has 0 fully saturated rings. The summed E-state index contributed by atoms with van der Waals surface area (Å²) in [4.78, 5) is 11.6. The van der Waals surface area contributed by atoms with Crippen molar-refractivity contribution in [3.8, 4) is 0 Å². The van der Waals surface area contributed by atoms with E-state index in [1.807, 2.05) is 13.0 Å². The summed E-state index contributed by atoms with van der Waals surface area (Å²) in [6.07, 6.45) is 1.20. The molecule has 0 spiro atoms. The number of carbonyl (C=O) groups excluding carboxylic acids is 1. The quantitative estimate of drug-likeness (QED) is 0.499. The standard InChI is InChI=1S/C18H13FO3S/c1-10-2-9-17(23(19,21)22)15-6-3-12-11-7-8-16(20)13(11)4-5-14(12)18(10)15/h2-6,9H,7-8H2,1H3. The van der Waals surface area contributed by atoms with Crippen molar-refractivity contribution in [1.29, 1.82) is 0 Å². The lowest BCUT2D eigenvalue weighted by Gasteiger charge is -2.12. The van der Waals surface area contributed by atoms with Crippen LogP contribution >= 0.6 is 0 Å². The minimum atomic E-state index is -4.79. The van der Waals surface area contributed by atoms with Gasteiger partial charge in [0.25, 0.3) is 0 Å². The van der Waals surface area contributed by atoms with Crippen molar-refractivity contribution in [1.82, 2.24) is 0 Å². The lowest BCUT2D eigenvalue weighted by molar-refractivity contribution is 0.0994. The van der Waals surface area contributed by atoms with E-state index in [4.69, 9.17) is 0 Å². The number of hydrogen-bond donors (Lipinski definition) is 0. The zero-order valence-electron chi connectivity index (χ0n) is 12.4. The van der Waals surface area contributed by atoms with Gasteiger partial charge in [-0.2, -0.15) is 8.42 Å². The fourth-order valence-electron chi connectivity index (χ4n) is 3.59. The first-order chi connectivity index (χ1) is 10.9. The molecule has 3 aromatic rings. The van der Waals surface area contributed by atoms with E-state index in [2.05, 4.69) is 0 Å². The van der Waals surface area contributed by atoms with Gasteiger partial charge < -0.3 is 0 Å². The fraction of sp³-hybridized carbons (Fsp3) is 0.167. The monoisotopic (exact) mass is 328 g/mol. The van der Waals surface area contributed by atoms with Crippen LogP contribution in [0.3, 0.4) is 0 Å². The zero-order valence-corrected chi connectivity index (χ0v) is 13.2. The molecule has 0 saturated carbocycles. The first-order valence-corrected chi connectivity index (χ1v) is 8.72. The molecule has 1 aliphatic carbocycles. The van der Waals surface area contributed by atoms with Crippen molar-refractivity contribution >= 4 is 37.6 Å². The lowest BCUT2D eigenvalue weighted by atomic mass is 9.94. The van der Waals surface area contributed by atoms with Gasteiger partial charge in [-0.05, 0) is 46.7 Å². The van der Waals surface area contributed by atoms with E-state index in [0.29, 0.717) is 18.2 Å². The highest BCUT2D eigenvalue weighted by atomic mass is 32.3. The Kier molecular flexibility index (Phi) is 2.87. The molecule has 3 nitrogen and oxygen atoms in total. The van der Waals surface area contributed by atoms with Gasteiger partial charge in [-0.15, -0.1) is 3.89 Å². The number of ketones is 1. The second kappa shape index (κ2) is 4.61. The zero-order chi connectivity index (χ0) is 16.4. The van der Waals surface area contributed by atoms with E-state index >= 15 is 0 Å². The molecule has 1 aliphatic rings. The van der Waals surface area contributed by atoms with Crippen molar-refractivity contribution < 1.29 is 17.1 Å². The van der Waals surface area contributed by atoms with Crippen molar-refractivity contribution in [2.45, 2.75) is 24.7 Å². The van der Waals surface area contributed by atoms with Gasteiger partial charge in [0, 0.05) is 17.4 Å². The third kappa shape index (κ3) is 2.00. The van der Waals surface area contributed by atoms with Crippen LogP contribution in [0.5, 0.6) is 0 Å². The first-order valence-electron chi connectivity index (χ1n) is 7.34. The van der Waals surface area contributed by atoms with E-state index < -0.39 is 10.2 Å². The maximum Gasteiger partial charge on any atom is 0.332 e. The summed E-state index contributed by atoms with van der Waals surface area (Å²) < 4.78 is 36.4. The molecule has 116 valence electrons. The Labute approximate surface area is 132 Å². The molecule has 3 aromatic carbocycles. The Morgan fingerprint density at radius 3 is 2.35 bits per heavy atom. The summed E-state index contributed by atoms with van der Waals surface area (Å²) in [6, 6.07) is 9.98. The number of rotatable bonds is 1. The van der Waals surface area contributed by atoms with Crippen LogP contribution in [-0.2, 0) is 16.6 Å².